The predicted octanol–water partition coefficient (Wildman–Crippen LogP) is 1.79. The Labute approximate surface area is 119 Å². The Morgan fingerprint density at radius 1 is 1.42 bits per heavy atom. The van der Waals surface area contributed by atoms with E-state index in [0.717, 1.165) is 45.8 Å². The second-order valence-electron chi connectivity index (χ2n) is 5.93. The predicted molar refractivity (Wildman–Crippen MR) is 77.8 cm³/mol. The Kier molecular flexibility index (Phi) is 3.89. The summed E-state index contributed by atoms with van der Waals surface area (Å²) in [6, 6.07) is 0. The lowest BCUT2D eigenvalue weighted by Crippen LogP contribution is -2.51. The minimum atomic E-state index is 0.0461. The Morgan fingerprint density at radius 2 is 2.21 bits per heavy atom. The van der Waals surface area contributed by atoms with Gasteiger partial charge in [0.05, 0.1) is 17.8 Å². The zero-order chi connectivity index (χ0) is 13.3. The minimum absolute atomic E-state index is 0.0461. The molecule has 106 valence electrons. The molecule has 0 bridgehead atoms. The van der Waals surface area contributed by atoms with Crippen molar-refractivity contribution in [2.45, 2.75) is 31.7 Å². The molecule has 0 spiro atoms. The maximum Gasteiger partial charge on any atom is 0.113 e. The van der Waals surface area contributed by atoms with Crippen LogP contribution in [0.25, 0.3) is 0 Å². The highest BCUT2D eigenvalue weighted by Crippen LogP contribution is 2.34. The summed E-state index contributed by atoms with van der Waals surface area (Å²) in [6.07, 6.45) is 1.12. The zero-order valence-electron chi connectivity index (χ0n) is 11.8. The normalized spacial score (nSPS) is 25.9. The van der Waals surface area contributed by atoms with Crippen molar-refractivity contribution in [3.8, 4) is 0 Å². The molecule has 1 aromatic rings. The molecule has 2 aliphatic heterocycles. The average Bonchev–Trinajstić information content (AvgIpc) is 3.10. The van der Waals surface area contributed by atoms with Gasteiger partial charge in [0.15, 0.2) is 0 Å². The molecule has 3 rings (SSSR count). The van der Waals surface area contributed by atoms with E-state index in [4.69, 9.17) is 9.72 Å². The third-order valence-electron chi connectivity index (χ3n) is 4.30. The first-order chi connectivity index (χ1) is 9.18. The van der Waals surface area contributed by atoms with E-state index < -0.39 is 0 Å². The molecule has 0 saturated carbocycles. The summed E-state index contributed by atoms with van der Waals surface area (Å²) in [5, 5.41) is 6.89. The maximum atomic E-state index is 5.47. The number of aromatic nitrogens is 1. The van der Waals surface area contributed by atoms with Crippen LogP contribution < -0.4 is 5.32 Å². The van der Waals surface area contributed by atoms with E-state index in [1.165, 1.54) is 10.7 Å². The number of ether oxygens (including phenoxy) is 1. The zero-order valence-corrected chi connectivity index (χ0v) is 12.6. The van der Waals surface area contributed by atoms with Gasteiger partial charge < -0.3 is 10.1 Å². The molecule has 0 aliphatic carbocycles. The number of nitrogens with one attached hydrogen (secondary N) is 1. The molecule has 1 unspecified atom stereocenters. The lowest BCUT2D eigenvalue weighted by Gasteiger charge is -2.39. The topological polar surface area (TPSA) is 37.4 Å². The molecule has 2 fully saturated rings. The summed E-state index contributed by atoms with van der Waals surface area (Å²) in [4.78, 5) is 7.45. The van der Waals surface area contributed by atoms with Crippen LogP contribution in [0.2, 0.25) is 0 Å². The smallest absolute Gasteiger partial charge is 0.113 e. The fraction of sp³-hybridized carbons (Fsp3) is 0.786. The lowest BCUT2D eigenvalue weighted by molar-refractivity contribution is 0.102. The van der Waals surface area contributed by atoms with Crippen molar-refractivity contribution in [1.82, 2.24) is 15.2 Å². The van der Waals surface area contributed by atoms with Crippen molar-refractivity contribution in [1.29, 1.82) is 0 Å². The third-order valence-corrected chi connectivity index (χ3v) is 5.47. The second kappa shape index (κ2) is 5.48. The molecule has 0 radical (unpaired) electrons. The summed E-state index contributed by atoms with van der Waals surface area (Å²) < 4.78 is 5.47. The van der Waals surface area contributed by atoms with Gasteiger partial charge in [0.2, 0.25) is 0 Å². The van der Waals surface area contributed by atoms with Gasteiger partial charge in [-0.1, -0.05) is 0 Å². The van der Waals surface area contributed by atoms with Gasteiger partial charge in [-0.25, -0.2) is 4.98 Å². The molecule has 1 atom stereocenters. The van der Waals surface area contributed by atoms with E-state index in [9.17, 15) is 0 Å². The van der Waals surface area contributed by atoms with E-state index in [2.05, 4.69) is 29.4 Å². The quantitative estimate of drug-likeness (QED) is 0.916. The average molecular weight is 281 g/mol. The Morgan fingerprint density at radius 3 is 2.89 bits per heavy atom. The van der Waals surface area contributed by atoms with Gasteiger partial charge in [0, 0.05) is 44.1 Å². The summed E-state index contributed by atoms with van der Waals surface area (Å²) >= 11 is 1.81. The second-order valence-corrected chi connectivity index (χ2v) is 6.79. The third kappa shape index (κ3) is 2.70. The number of nitrogens with zero attached hydrogens (tertiary/aromatic N) is 2. The standard InChI is InChI=1S/C14H23N3OS/c1-14(2,17-6-4-15-5-7-17)13-16-12(10-19-13)11-3-8-18-9-11/h10-11,15H,3-9H2,1-2H3. The molecule has 5 heteroatoms. The lowest BCUT2D eigenvalue weighted by atomic mass is 10.0. The summed E-state index contributed by atoms with van der Waals surface area (Å²) in [6.45, 7) is 10.7. The number of thiazole rings is 1. The molecular formula is C14H23N3OS. The number of rotatable bonds is 3. The first-order valence-corrected chi connectivity index (χ1v) is 8.05. The fourth-order valence-corrected chi connectivity index (χ4v) is 3.93. The summed E-state index contributed by atoms with van der Waals surface area (Å²) in [5.41, 5.74) is 1.28. The van der Waals surface area contributed by atoms with Crippen LogP contribution in [-0.2, 0) is 10.3 Å². The SMILES string of the molecule is CC(C)(c1nc(C2CCOC2)cs1)N1CCNCC1. The highest BCUT2D eigenvalue weighted by Gasteiger charge is 2.33. The highest BCUT2D eigenvalue weighted by atomic mass is 32.1. The van der Waals surface area contributed by atoms with E-state index in [1.807, 2.05) is 11.3 Å². The van der Waals surface area contributed by atoms with Gasteiger partial charge in [-0.3, -0.25) is 4.90 Å². The molecule has 0 amide bonds. The Bertz CT molecular complexity index is 420. The van der Waals surface area contributed by atoms with Crippen molar-refractivity contribution in [3.63, 3.8) is 0 Å². The number of piperazine rings is 1. The van der Waals surface area contributed by atoms with Crippen LogP contribution in [-0.4, -0.2) is 49.3 Å². The Hall–Kier alpha value is -0.490. The van der Waals surface area contributed by atoms with E-state index >= 15 is 0 Å². The van der Waals surface area contributed by atoms with Crippen LogP contribution >= 0.6 is 11.3 Å². The first-order valence-electron chi connectivity index (χ1n) is 7.17. The van der Waals surface area contributed by atoms with Gasteiger partial charge in [0.1, 0.15) is 5.01 Å². The van der Waals surface area contributed by atoms with Crippen molar-refractivity contribution in [2.24, 2.45) is 0 Å². The fourth-order valence-electron chi connectivity index (χ4n) is 2.88. The highest BCUT2D eigenvalue weighted by molar-refractivity contribution is 7.09. The van der Waals surface area contributed by atoms with Crippen molar-refractivity contribution in [2.75, 3.05) is 39.4 Å². The van der Waals surface area contributed by atoms with E-state index in [-0.39, 0.29) is 5.54 Å². The molecule has 1 aromatic heterocycles. The summed E-state index contributed by atoms with van der Waals surface area (Å²) in [5.74, 6) is 0.517. The van der Waals surface area contributed by atoms with Gasteiger partial charge in [0.25, 0.3) is 0 Å². The monoisotopic (exact) mass is 281 g/mol. The maximum absolute atomic E-state index is 5.47. The number of hydrogen-bond acceptors (Lipinski definition) is 5. The molecule has 3 heterocycles. The van der Waals surface area contributed by atoms with Crippen LogP contribution in [0.15, 0.2) is 5.38 Å². The molecule has 1 N–H and O–H groups in total. The van der Waals surface area contributed by atoms with Crippen LogP contribution in [0, 0.1) is 0 Å². The van der Waals surface area contributed by atoms with Gasteiger partial charge in [-0.2, -0.15) is 0 Å². The largest absolute Gasteiger partial charge is 0.381 e. The van der Waals surface area contributed by atoms with Gasteiger partial charge in [-0.05, 0) is 20.3 Å². The van der Waals surface area contributed by atoms with Crippen molar-refractivity contribution in [3.05, 3.63) is 16.1 Å². The molecule has 2 aliphatic rings. The van der Waals surface area contributed by atoms with Gasteiger partial charge >= 0.3 is 0 Å². The van der Waals surface area contributed by atoms with E-state index in [1.54, 1.807) is 0 Å². The number of hydrogen-bond donors (Lipinski definition) is 1. The summed E-state index contributed by atoms with van der Waals surface area (Å²) in [7, 11) is 0. The van der Waals surface area contributed by atoms with Crippen molar-refractivity contribution >= 4 is 11.3 Å². The van der Waals surface area contributed by atoms with Crippen LogP contribution in [0.3, 0.4) is 0 Å². The minimum Gasteiger partial charge on any atom is -0.381 e. The van der Waals surface area contributed by atoms with Crippen LogP contribution in [0.4, 0.5) is 0 Å². The molecule has 19 heavy (non-hydrogen) atoms. The Balaban J connectivity index is 1.76. The van der Waals surface area contributed by atoms with Crippen molar-refractivity contribution < 1.29 is 4.74 Å². The molecule has 0 aromatic carbocycles. The molecular weight excluding hydrogens is 258 g/mol. The molecule has 2 saturated heterocycles. The first kappa shape index (κ1) is 13.5. The van der Waals surface area contributed by atoms with Crippen LogP contribution in [0.5, 0.6) is 0 Å². The van der Waals surface area contributed by atoms with E-state index in [0.29, 0.717) is 5.92 Å². The van der Waals surface area contributed by atoms with Crippen LogP contribution in [0.1, 0.15) is 36.9 Å². The van der Waals surface area contributed by atoms with Gasteiger partial charge in [-0.15, -0.1) is 11.3 Å². The molecule has 4 nitrogen and oxygen atoms in total.